The summed E-state index contributed by atoms with van der Waals surface area (Å²) in [6, 6.07) is 2.88. The van der Waals surface area contributed by atoms with Crippen LogP contribution in [0.1, 0.15) is 10.4 Å². The summed E-state index contributed by atoms with van der Waals surface area (Å²) >= 11 is 0. The predicted molar refractivity (Wildman–Crippen MR) is 47.5 cm³/mol. The quantitative estimate of drug-likeness (QED) is 0.782. The van der Waals surface area contributed by atoms with Crippen molar-refractivity contribution in [3.05, 3.63) is 23.9 Å². The predicted octanol–water partition coefficient (Wildman–Crippen LogP) is 1.53. The molecule has 5 heteroatoms. The normalized spacial score (nSPS) is 10.4. The average molecular weight is 193 g/mol. The van der Waals surface area contributed by atoms with E-state index in [9.17, 15) is 4.79 Å². The number of nitrogens with zero attached hydrogens (tertiary/aromatic N) is 1. The van der Waals surface area contributed by atoms with Crippen molar-refractivity contribution in [3.63, 3.8) is 0 Å². The Morgan fingerprint density at radius 2 is 2.36 bits per heavy atom. The van der Waals surface area contributed by atoms with E-state index in [4.69, 9.17) is 14.4 Å². The highest BCUT2D eigenvalue weighted by Crippen LogP contribution is 2.26. The van der Waals surface area contributed by atoms with Gasteiger partial charge in [-0.15, -0.1) is 0 Å². The van der Waals surface area contributed by atoms with Crippen LogP contribution in [0.25, 0.3) is 11.0 Å². The topological polar surface area (TPSA) is 72.6 Å². The van der Waals surface area contributed by atoms with E-state index in [0.29, 0.717) is 16.7 Å². The number of fused-ring (bicyclic) bond motifs is 1. The van der Waals surface area contributed by atoms with Gasteiger partial charge in [-0.25, -0.2) is 4.79 Å². The number of carbonyl (C=O) groups is 1. The lowest BCUT2D eigenvalue weighted by molar-refractivity contribution is 0.0696. The first kappa shape index (κ1) is 8.55. The Morgan fingerprint density at radius 3 is 3.00 bits per heavy atom. The number of benzene rings is 1. The van der Waals surface area contributed by atoms with Crippen molar-refractivity contribution in [1.29, 1.82) is 0 Å². The van der Waals surface area contributed by atoms with Crippen LogP contribution in [0.5, 0.6) is 5.75 Å². The molecule has 1 aromatic heterocycles. The number of hydrogen-bond donors (Lipinski definition) is 1. The summed E-state index contributed by atoms with van der Waals surface area (Å²) in [5.74, 6) is -0.635. The highest BCUT2D eigenvalue weighted by molar-refractivity contribution is 5.95. The smallest absolute Gasteiger partial charge is 0.335 e. The van der Waals surface area contributed by atoms with E-state index in [2.05, 4.69) is 5.16 Å². The molecule has 0 radical (unpaired) electrons. The molecule has 0 bridgehead atoms. The van der Waals surface area contributed by atoms with E-state index in [1.165, 1.54) is 25.4 Å². The summed E-state index contributed by atoms with van der Waals surface area (Å²) in [4.78, 5) is 10.7. The van der Waals surface area contributed by atoms with Gasteiger partial charge in [0.15, 0.2) is 5.75 Å². The molecule has 1 N–H and O–H groups in total. The summed E-state index contributed by atoms with van der Waals surface area (Å²) in [5, 5.41) is 13.0. The Morgan fingerprint density at radius 1 is 1.57 bits per heavy atom. The van der Waals surface area contributed by atoms with Crippen LogP contribution in [0.15, 0.2) is 22.9 Å². The van der Waals surface area contributed by atoms with Crippen LogP contribution < -0.4 is 4.74 Å². The van der Waals surface area contributed by atoms with E-state index < -0.39 is 5.97 Å². The van der Waals surface area contributed by atoms with Crippen molar-refractivity contribution in [2.45, 2.75) is 0 Å². The molecule has 0 aliphatic heterocycles. The van der Waals surface area contributed by atoms with Gasteiger partial charge in [-0.05, 0) is 12.1 Å². The molecule has 1 heterocycles. The first-order valence-electron chi connectivity index (χ1n) is 3.88. The van der Waals surface area contributed by atoms with Gasteiger partial charge >= 0.3 is 5.97 Å². The van der Waals surface area contributed by atoms with Crippen molar-refractivity contribution < 1.29 is 19.2 Å². The van der Waals surface area contributed by atoms with Crippen LogP contribution in [0.2, 0.25) is 0 Å². The van der Waals surface area contributed by atoms with Crippen molar-refractivity contribution >= 4 is 16.9 Å². The summed E-state index contributed by atoms with van der Waals surface area (Å²) < 4.78 is 9.89. The van der Waals surface area contributed by atoms with Crippen LogP contribution in [-0.4, -0.2) is 23.3 Å². The van der Waals surface area contributed by atoms with Crippen LogP contribution in [0, 0.1) is 0 Å². The van der Waals surface area contributed by atoms with Gasteiger partial charge in [0.1, 0.15) is 0 Å². The third-order valence-corrected chi connectivity index (χ3v) is 1.89. The number of carboxylic acid groups (broad SMARTS) is 1. The minimum Gasteiger partial charge on any atom is -0.493 e. The zero-order chi connectivity index (χ0) is 10.1. The lowest BCUT2D eigenvalue weighted by Crippen LogP contribution is -1.96. The first-order chi connectivity index (χ1) is 6.72. The third-order valence-electron chi connectivity index (χ3n) is 1.89. The Bertz CT molecular complexity index is 489. The number of carboxylic acids is 1. The largest absolute Gasteiger partial charge is 0.493 e. The number of methoxy groups -OCH3 is 1. The van der Waals surface area contributed by atoms with Crippen molar-refractivity contribution in [2.24, 2.45) is 0 Å². The third kappa shape index (κ3) is 1.19. The maximum absolute atomic E-state index is 10.7. The molecule has 5 nitrogen and oxygen atoms in total. The molecule has 0 atom stereocenters. The van der Waals surface area contributed by atoms with Crippen molar-refractivity contribution in [2.75, 3.05) is 7.11 Å². The van der Waals surface area contributed by atoms with Crippen LogP contribution >= 0.6 is 0 Å². The maximum Gasteiger partial charge on any atom is 0.335 e. The minimum atomic E-state index is -1.01. The van der Waals surface area contributed by atoms with Crippen LogP contribution in [0.3, 0.4) is 0 Å². The van der Waals surface area contributed by atoms with Crippen molar-refractivity contribution in [1.82, 2.24) is 5.16 Å². The van der Waals surface area contributed by atoms with Gasteiger partial charge in [-0.2, -0.15) is 0 Å². The number of hydrogen-bond acceptors (Lipinski definition) is 4. The van der Waals surface area contributed by atoms with E-state index in [0.717, 1.165) is 0 Å². The fourth-order valence-electron chi connectivity index (χ4n) is 1.23. The molecule has 0 unspecified atom stereocenters. The zero-order valence-corrected chi connectivity index (χ0v) is 7.35. The molecular weight excluding hydrogens is 186 g/mol. The molecule has 0 saturated heterocycles. The van der Waals surface area contributed by atoms with Gasteiger partial charge in [-0.3, -0.25) is 0 Å². The molecule has 0 amide bonds. The van der Waals surface area contributed by atoms with Crippen LogP contribution in [-0.2, 0) is 0 Å². The maximum atomic E-state index is 10.7. The van der Waals surface area contributed by atoms with Crippen molar-refractivity contribution in [3.8, 4) is 5.75 Å². The second-order valence-corrected chi connectivity index (χ2v) is 2.73. The van der Waals surface area contributed by atoms with Gasteiger partial charge in [0.05, 0.1) is 18.9 Å². The molecule has 14 heavy (non-hydrogen) atoms. The molecule has 0 aliphatic carbocycles. The average Bonchev–Trinajstić information content (AvgIpc) is 2.63. The monoisotopic (exact) mass is 193 g/mol. The fraction of sp³-hybridized carbons (Fsp3) is 0.111. The van der Waals surface area contributed by atoms with Crippen LogP contribution in [0.4, 0.5) is 0 Å². The Hall–Kier alpha value is -2.04. The van der Waals surface area contributed by atoms with E-state index in [1.54, 1.807) is 0 Å². The standard InChI is InChI=1S/C9H7NO4/c1-13-7-3-5(9(11)12)2-6-4-10-14-8(6)7/h2-4H,1H3,(H,11,12). The molecule has 0 spiro atoms. The van der Waals surface area contributed by atoms with E-state index >= 15 is 0 Å². The summed E-state index contributed by atoms with van der Waals surface area (Å²) in [5.41, 5.74) is 0.607. The Labute approximate surface area is 78.9 Å². The van der Waals surface area contributed by atoms with Gasteiger partial charge in [0.25, 0.3) is 0 Å². The SMILES string of the molecule is COc1cc(C(=O)O)cc2cnoc12. The molecule has 1 aromatic carbocycles. The molecule has 2 aromatic rings. The molecule has 0 aliphatic rings. The lowest BCUT2D eigenvalue weighted by Gasteiger charge is -2.00. The minimum absolute atomic E-state index is 0.151. The number of aromatic nitrogens is 1. The number of rotatable bonds is 2. The lowest BCUT2D eigenvalue weighted by atomic mass is 10.1. The molecule has 0 saturated carbocycles. The number of aromatic carboxylic acids is 1. The van der Waals surface area contributed by atoms with E-state index in [1.807, 2.05) is 0 Å². The zero-order valence-electron chi connectivity index (χ0n) is 7.35. The second kappa shape index (κ2) is 3.02. The molecular formula is C9H7NO4. The molecule has 2 rings (SSSR count). The van der Waals surface area contributed by atoms with Gasteiger partial charge < -0.3 is 14.4 Å². The molecule has 72 valence electrons. The summed E-state index contributed by atoms with van der Waals surface area (Å²) in [6.45, 7) is 0. The molecule has 0 fully saturated rings. The first-order valence-corrected chi connectivity index (χ1v) is 3.88. The summed E-state index contributed by atoms with van der Waals surface area (Å²) in [7, 11) is 1.45. The Kier molecular flexibility index (Phi) is 1.85. The highest BCUT2D eigenvalue weighted by Gasteiger charge is 2.12. The number of ether oxygens (including phenoxy) is 1. The van der Waals surface area contributed by atoms with Gasteiger partial charge in [0, 0.05) is 5.39 Å². The summed E-state index contributed by atoms with van der Waals surface area (Å²) in [6.07, 6.45) is 1.45. The highest BCUT2D eigenvalue weighted by atomic mass is 16.5. The van der Waals surface area contributed by atoms with E-state index in [-0.39, 0.29) is 5.56 Å². The van der Waals surface area contributed by atoms with Gasteiger partial charge in [-0.1, -0.05) is 5.16 Å². The Balaban J connectivity index is 2.73. The van der Waals surface area contributed by atoms with Gasteiger partial charge in [0.2, 0.25) is 5.58 Å². The second-order valence-electron chi connectivity index (χ2n) is 2.73. The fourth-order valence-corrected chi connectivity index (χ4v) is 1.23.